The van der Waals surface area contributed by atoms with Gasteiger partial charge in [-0.05, 0) is 104 Å². The van der Waals surface area contributed by atoms with Crippen LogP contribution in [-0.4, -0.2) is 42.8 Å². The zero-order valence-electron chi connectivity index (χ0n) is 19.6. The lowest BCUT2D eigenvalue weighted by molar-refractivity contribution is 0.183. The summed E-state index contributed by atoms with van der Waals surface area (Å²) < 4.78 is 6.03. The van der Waals surface area contributed by atoms with E-state index in [4.69, 9.17) is 16.3 Å². The molecule has 2 aliphatic rings. The third kappa shape index (κ3) is 5.51. The maximum Gasteiger partial charge on any atom is 0.119 e. The summed E-state index contributed by atoms with van der Waals surface area (Å²) in [7, 11) is 0. The van der Waals surface area contributed by atoms with Crippen molar-refractivity contribution in [3.8, 4) is 11.5 Å². The van der Waals surface area contributed by atoms with E-state index in [9.17, 15) is 5.11 Å². The van der Waals surface area contributed by atoms with E-state index >= 15 is 0 Å². The third-order valence-corrected chi connectivity index (χ3v) is 7.37. The Labute approximate surface area is 207 Å². The Morgan fingerprint density at radius 1 is 0.882 bits per heavy atom. The number of nitrogens with zero attached hydrogens (tertiary/aromatic N) is 2. The molecule has 1 atom stereocenters. The number of piperidine rings is 1. The van der Waals surface area contributed by atoms with Crippen LogP contribution in [0.2, 0.25) is 5.02 Å². The van der Waals surface area contributed by atoms with Crippen molar-refractivity contribution in [1.29, 1.82) is 0 Å². The number of fused-ring (bicyclic) bond motifs is 1. The van der Waals surface area contributed by atoms with Crippen LogP contribution in [0.3, 0.4) is 0 Å². The quantitative estimate of drug-likeness (QED) is 0.436. The van der Waals surface area contributed by atoms with Crippen molar-refractivity contribution >= 4 is 17.3 Å². The van der Waals surface area contributed by atoms with Crippen LogP contribution in [0.1, 0.15) is 42.0 Å². The number of ether oxygens (including phenoxy) is 1. The summed E-state index contributed by atoms with van der Waals surface area (Å²) in [5, 5.41) is 10.8. The molecular weight excluding hydrogens is 444 g/mol. The van der Waals surface area contributed by atoms with Crippen molar-refractivity contribution in [2.24, 2.45) is 0 Å². The summed E-state index contributed by atoms with van der Waals surface area (Å²) in [6.45, 7) is 5.05. The van der Waals surface area contributed by atoms with Gasteiger partial charge in [0, 0.05) is 23.8 Å². The average molecular weight is 477 g/mol. The molecule has 1 N–H and O–H groups in total. The molecule has 0 aromatic heterocycles. The van der Waals surface area contributed by atoms with Crippen LogP contribution in [0.25, 0.3) is 0 Å². The molecule has 34 heavy (non-hydrogen) atoms. The van der Waals surface area contributed by atoms with Gasteiger partial charge in [0.15, 0.2) is 0 Å². The normalized spacial score (nSPS) is 18.5. The Kier molecular flexibility index (Phi) is 7.27. The van der Waals surface area contributed by atoms with E-state index in [1.54, 1.807) is 6.07 Å². The van der Waals surface area contributed by atoms with Gasteiger partial charge in [-0.1, -0.05) is 36.2 Å². The largest absolute Gasteiger partial charge is 0.508 e. The maximum atomic E-state index is 10.0. The molecule has 0 spiro atoms. The van der Waals surface area contributed by atoms with E-state index in [2.05, 4.69) is 52.3 Å². The van der Waals surface area contributed by atoms with Crippen molar-refractivity contribution in [3.05, 3.63) is 88.4 Å². The Bertz CT molecular complexity index is 1080. The highest BCUT2D eigenvalue weighted by molar-refractivity contribution is 6.30. The minimum Gasteiger partial charge on any atom is -0.508 e. The Hall–Kier alpha value is -2.69. The van der Waals surface area contributed by atoms with Crippen molar-refractivity contribution in [2.45, 2.75) is 38.1 Å². The van der Waals surface area contributed by atoms with Crippen molar-refractivity contribution in [3.63, 3.8) is 0 Å². The first-order chi connectivity index (χ1) is 16.7. The molecule has 0 bridgehead atoms. The molecule has 1 fully saturated rings. The molecule has 0 radical (unpaired) electrons. The van der Waals surface area contributed by atoms with E-state index in [-0.39, 0.29) is 6.04 Å². The van der Waals surface area contributed by atoms with Gasteiger partial charge in [0.1, 0.15) is 18.1 Å². The van der Waals surface area contributed by atoms with Gasteiger partial charge < -0.3 is 14.7 Å². The topological polar surface area (TPSA) is 35.9 Å². The van der Waals surface area contributed by atoms with E-state index in [0.29, 0.717) is 5.75 Å². The number of phenolic OH excluding ortho intramolecular Hbond substituents is 1. The van der Waals surface area contributed by atoms with Gasteiger partial charge in [-0.25, -0.2) is 0 Å². The summed E-state index contributed by atoms with van der Waals surface area (Å²) in [6.07, 6.45) is 5.78. The Morgan fingerprint density at radius 2 is 1.65 bits per heavy atom. The number of rotatable bonds is 7. The van der Waals surface area contributed by atoms with Crippen LogP contribution in [0, 0.1) is 0 Å². The number of anilines is 1. The van der Waals surface area contributed by atoms with Crippen LogP contribution in [-0.2, 0) is 12.8 Å². The molecule has 3 aromatic carbocycles. The van der Waals surface area contributed by atoms with Gasteiger partial charge in [0.2, 0.25) is 0 Å². The lowest BCUT2D eigenvalue weighted by Crippen LogP contribution is -2.36. The lowest BCUT2D eigenvalue weighted by atomic mass is 9.88. The van der Waals surface area contributed by atoms with Crippen LogP contribution in [0.15, 0.2) is 66.7 Å². The molecule has 1 unspecified atom stereocenters. The first-order valence-corrected chi connectivity index (χ1v) is 12.8. The molecule has 4 nitrogen and oxygen atoms in total. The van der Waals surface area contributed by atoms with Crippen LogP contribution in [0.4, 0.5) is 5.69 Å². The fourth-order valence-electron chi connectivity index (χ4n) is 5.28. The first kappa shape index (κ1) is 23.1. The second-order valence-corrected chi connectivity index (χ2v) is 9.85. The summed E-state index contributed by atoms with van der Waals surface area (Å²) in [6, 6.07) is 22.7. The molecular formula is C29H33ClN2O2. The van der Waals surface area contributed by atoms with E-state index in [1.807, 2.05) is 18.2 Å². The molecule has 5 heteroatoms. The number of benzene rings is 3. The van der Waals surface area contributed by atoms with Crippen molar-refractivity contribution < 1.29 is 9.84 Å². The van der Waals surface area contributed by atoms with Gasteiger partial charge in [-0.2, -0.15) is 0 Å². The van der Waals surface area contributed by atoms with Gasteiger partial charge in [-0.3, -0.25) is 4.90 Å². The molecule has 178 valence electrons. The standard InChI is InChI=1S/C29H33ClN2O2/c30-24-6-8-25(9-7-24)32-17-14-23-21-26(33)10-13-28(23)29(32)20-22-4-11-27(12-5-22)34-19-18-31-15-2-1-3-16-31/h4-13,21,29,33H,1-3,14-20H2. The molecule has 0 amide bonds. The number of aromatic hydroxyl groups is 1. The predicted octanol–water partition coefficient (Wildman–Crippen LogP) is 6.26. The van der Waals surface area contributed by atoms with Crippen LogP contribution >= 0.6 is 11.6 Å². The van der Waals surface area contributed by atoms with Crippen LogP contribution in [0.5, 0.6) is 11.5 Å². The Balaban J connectivity index is 1.29. The number of hydrogen-bond acceptors (Lipinski definition) is 4. The van der Waals surface area contributed by atoms with E-state index in [1.165, 1.54) is 54.7 Å². The summed E-state index contributed by atoms with van der Waals surface area (Å²) >= 11 is 6.15. The molecule has 0 saturated carbocycles. The van der Waals surface area contributed by atoms with Gasteiger partial charge in [-0.15, -0.1) is 0 Å². The Morgan fingerprint density at radius 3 is 2.41 bits per heavy atom. The summed E-state index contributed by atoms with van der Waals surface area (Å²) in [4.78, 5) is 4.96. The SMILES string of the molecule is Oc1ccc2c(c1)CCN(c1ccc(Cl)cc1)C2Cc1ccc(OCCN2CCCCC2)cc1. The van der Waals surface area contributed by atoms with E-state index < -0.39 is 0 Å². The highest BCUT2D eigenvalue weighted by Gasteiger charge is 2.28. The third-order valence-electron chi connectivity index (χ3n) is 7.12. The number of phenols is 1. The molecule has 0 aliphatic carbocycles. The zero-order valence-corrected chi connectivity index (χ0v) is 20.4. The zero-order chi connectivity index (χ0) is 23.3. The van der Waals surface area contributed by atoms with Gasteiger partial charge in [0.05, 0.1) is 6.04 Å². The molecule has 5 rings (SSSR count). The van der Waals surface area contributed by atoms with Gasteiger partial charge >= 0.3 is 0 Å². The van der Waals surface area contributed by atoms with Gasteiger partial charge in [0.25, 0.3) is 0 Å². The second-order valence-electron chi connectivity index (χ2n) is 9.42. The number of likely N-dealkylation sites (tertiary alicyclic amines) is 1. The molecule has 1 saturated heterocycles. The maximum absolute atomic E-state index is 10.0. The highest BCUT2D eigenvalue weighted by atomic mass is 35.5. The smallest absolute Gasteiger partial charge is 0.119 e. The van der Waals surface area contributed by atoms with E-state index in [0.717, 1.165) is 43.3 Å². The molecule has 2 heterocycles. The summed E-state index contributed by atoms with van der Waals surface area (Å²) in [5.74, 6) is 1.27. The van der Waals surface area contributed by atoms with Crippen molar-refractivity contribution in [1.82, 2.24) is 4.90 Å². The predicted molar refractivity (Wildman–Crippen MR) is 139 cm³/mol. The fourth-order valence-corrected chi connectivity index (χ4v) is 5.41. The number of hydrogen-bond donors (Lipinski definition) is 1. The minimum atomic E-state index is 0.191. The average Bonchev–Trinajstić information content (AvgIpc) is 2.86. The lowest BCUT2D eigenvalue weighted by Gasteiger charge is -2.39. The highest BCUT2D eigenvalue weighted by Crippen LogP contribution is 2.37. The van der Waals surface area contributed by atoms with Crippen molar-refractivity contribution in [2.75, 3.05) is 37.7 Å². The fraction of sp³-hybridized carbons (Fsp3) is 0.379. The monoisotopic (exact) mass is 476 g/mol. The second kappa shape index (κ2) is 10.7. The van der Waals surface area contributed by atoms with Crippen LogP contribution < -0.4 is 9.64 Å². The summed E-state index contributed by atoms with van der Waals surface area (Å²) in [5.41, 5.74) is 4.95. The number of halogens is 1. The first-order valence-electron chi connectivity index (χ1n) is 12.4. The minimum absolute atomic E-state index is 0.191. The molecule has 3 aromatic rings. The molecule has 2 aliphatic heterocycles.